The molecule has 1 amide bonds. The Labute approximate surface area is 179 Å². The molecule has 0 spiro atoms. The average Bonchev–Trinajstić information content (AvgIpc) is 3.19. The molecule has 0 radical (unpaired) electrons. The van der Waals surface area contributed by atoms with Gasteiger partial charge in [-0.15, -0.1) is 0 Å². The van der Waals surface area contributed by atoms with Gasteiger partial charge >= 0.3 is 0 Å². The summed E-state index contributed by atoms with van der Waals surface area (Å²) in [6.45, 7) is 0.581. The van der Waals surface area contributed by atoms with Crippen LogP contribution in [0.5, 0.6) is 5.75 Å². The van der Waals surface area contributed by atoms with Crippen LogP contribution in [-0.2, 0) is 23.2 Å². The standard InChI is InChI=1S/C22H20N4O4S/c23-31(28,29)20-10-4-16(5-11-20)13-24-22(27)17-6-8-19(9-7-17)30-15-18-14-26-12-2-1-3-21(26)25-18/h1-12,14H,13,15H2,(H,24,27)(H2,23,28,29). The number of aromatic nitrogens is 2. The van der Waals surface area contributed by atoms with E-state index in [1.54, 1.807) is 36.4 Å². The number of carbonyl (C=O) groups is 1. The minimum atomic E-state index is -3.73. The van der Waals surface area contributed by atoms with Crippen molar-refractivity contribution in [3.05, 3.63) is 95.9 Å². The van der Waals surface area contributed by atoms with E-state index in [0.717, 1.165) is 16.9 Å². The Balaban J connectivity index is 1.31. The van der Waals surface area contributed by atoms with Crippen molar-refractivity contribution in [2.45, 2.75) is 18.0 Å². The van der Waals surface area contributed by atoms with Gasteiger partial charge < -0.3 is 14.5 Å². The van der Waals surface area contributed by atoms with Gasteiger partial charge in [-0.2, -0.15) is 0 Å². The highest BCUT2D eigenvalue weighted by Gasteiger charge is 2.09. The molecule has 31 heavy (non-hydrogen) atoms. The second-order valence-electron chi connectivity index (χ2n) is 6.88. The number of imidazole rings is 1. The van der Waals surface area contributed by atoms with Gasteiger partial charge in [0.05, 0.1) is 10.6 Å². The Morgan fingerprint density at radius 1 is 1.03 bits per heavy atom. The maximum atomic E-state index is 12.4. The predicted octanol–water partition coefficient (Wildman–Crippen LogP) is 2.49. The lowest BCUT2D eigenvalue weighted by Gasteiger charge is -2.08. The summed E-state index contributed by atoms with van der Waals surface area (Å²) >= 11 is 0. The molecular formula is C22H20N4O4S. The quantitative estimate of drug-likeness (QED) is 0.462. The minimum absolute atomic E-state index is 0.0295. The third-order valence-electron chi connectivity index (χ3n) is 4.62. The van der Waals surface area contributed by atoms with Crippen molar-refractivity contribution in [1.29, 1.82) is 0 Å². The molecule has 0 fully saturated rings. The summed E-state index contributed by atoms with van der Waals surface area (Å²) in [5.41, 5.74) is 2.91. The summed E-state index contributed by atoms with van der Waals surface area (Å²) < 4.78 is 30.3. The van der Waals surface area contributed by atoms with Gasteiger partial charge in [-0.25, -0.2) is 18.5 Å². The number of nitrogens with one attached hydrogen (secondary N) is 1. The van der Waals surface area contributed by atoms with Gasteiger partial charge in [-0.3, -0.25) is 4.79 Å². The number of rotatable bonds is 7. The number of carbonyl (C=O) groups excluding carboxylic acids is 1. The molecule has 0 aliphatic carbocycles. The van der Waals surface area contributed by atoms with E-state index < -0.39 is 10.0 Å². The van der Waals surface area contributed by atoms with Crippen molar-refractivity contribution in [2.75, 3.05) is 0 Å². The van der Waals surface area contributed by atoms with Gasteiger partial charge in [0, 0.05) is 24.5 Å². The van der Waals surface area contributed by atoms with Crippen molar-refractivity contribution in [3.8, 4) is 5.75 Å². The zero-order valence-corrected chi connectivity index (χ0v) is 17.2. The highest BCUT2D eigenvalue weighted by Crippen LogP contribution is 2.15. The first-order valence-corrected chi connectivity index (χ1v) is 11.0. The Bertz CT molecular complexity index is 1280. The summed E-state index contributed by atoms with van der Waals surface area (Å²) in [7, 11) is -3.73. The fourth-order valence-electron chi connectivity index (χ4n) is 3.00. The second kappa shape index (κ2) is 8.58. The van der Waals surface area contributed by atoms with Crippen LogP contribution in [0.4, 0.5) is 0 Å². The lowest BCUT2D eigenvalue weighted by molar-refractivity contribution is 0.0951. The maximum absolute atomic E-state index is 12.4. The smallest absolute Gasteiger partial charge is 0.251 e. The molecule has 0 saturated carbocycles. The number of benzene rings is 2. The monoisotopic (exact) mass is 436 g/mol. The molecule has 0 atom stereocenters. The van der Waals surface area contributed by atoms with Gasteiger partial charge in [0.15, 0.2) is 0 Å². The number of amides is 1. The molecule has 4 rings (SSSR count). The van der Waals surface area contributed by atoms with E-state index in [1.165, 1.54) is 12.1 Å². The van der Waals surface area contributed by atoms with E-state index in [-0.39, 0.29) is 17.3 Å². The van der Waals surface area contributed by atoms with Gasteiger partial charge in [0.25, 0.3) is 5.91 Å². The van der Waals surface area contributed by atoms with Crippen molar-refractivity contribution in [2.24, 2.45) is 5.14 Å². The largest absolute Gasteiger partial charge is 0.487 e. The van der Waals surface area contributed by atoms with E-state index in [9.17, 15) is 13.2 Å². The first-order chi connectivity index (χ1) is 14.9. The fraction of sp³-hybridized carbons (Fsp3) is 0.0909. The molecule has 0 bridgehead atoms. The van der Waals surface area contributed by atoms with Crippen LogP contribution in [0, 0.1) is 0 Å². The lowest BCUT2D eigenvalue weighted by Crippen LogP contribution is -2.22. The normalized spacial score (nSPS) is 11.4. The summed E-state index contributed by atoms with van der Waals surface area (Å²) in [6.07, 6.45) is 3.83. The number of sulfonamides is 1. The molecular weight excluding hydrogens is 416 g/mol. The van der Waals surface area contributed by atoms with E-state index in [0.29, 0.717) is 17.9 Å². The van der Waals surface area contributed by atoms with Crippen LogP contribution in [0.3, 0.4) is 0 Å². The van der Waals surface area contributed by atoms with Crippen LogP contribution < -0.4 is 15.2 Å². The average molecular weight is 436 g/mol. The number of hydrogen-bond donors (Lipinski definition) is 2. The van der Waals surface area contributed by atoms with Crippen molar-refractivity contribution >= 4 is 21.6 Å². The van der Waals surface area contributed by atoms with Crippen LogP contribution in [0.25, 0.3) is 5.65 Å². The summed E-state index contributed by atoms with van der Waals surface area (Å²) in [6, 6.07) is 18.6. The molecule has 8 nitrogen and oxygen atoms in total. The van der Waals surface area contributed by atoms with Crippen LogP contribution in [0.1, 0.15) is 21.6 Å². The number of nitrogens with zero attached hydrogens (tertiary/aromatic N) is 2. The Hall–Kier alpha value is -3.69. The third kappa shape index (κ3) is 5.08. The van der Waals surface area contributed by atoms with Crippen LogP contribution in [-0.4, -0.2) is 23.7 Å². The van der Waals surface area contributed by atoms with Crippen LogP contribution in [0.15, 0.2) is 84.0 Å². The third-order valence-corrected chi connectivity index (χ3v) is 5.55. The molecule has 0 aliphatic rings. The Kier molecular flexibility index (Phi) is 5.70. The Morgan fingerprint density at radius 2 is 1.77 bits per heavy atom. The zero-order chi connectivity index (χ0) is 21.8. The van der Waals surface area contributed by atoms with E-state index in [4.69, 9.17) is 9.88 Å². The van der Waals surface area contributed by atoms with Crippen molar-refractivity contribution in [3.63, 3.8) is 0 Å². The van der Waals surface area contributed by atoms with Crippen LogP contribution >= 0.6 is 0 Å². The molecule has 0 unspecified atom stereocenters. The molecule has 2 aromatic heterocycles. The second-order valence-corrected chi connectivity index (χ2v) is 8.44. The number of nitrogens with two attached hydrogens (primary N) is 1. The molecule has 2 aromatic carbocycles. The molecule has 0 saturated heterocycles. The molecule has 9 heteroatoms. The molecule has 0 aliphatic heterocycles. The summed E-state index contributed by atoms with van der Waals surface area (Å²) in [5, 5.41) is 7.87. The molecule has 3 N–H and O–H groups in total. The zero-order valence-electron chi connectivity index (χ0n) is 16.4. The van der Waals surface area contributed by atoms with E-state index >= 15 is 0 Å². The summed E-state index contributed by atoms with van der Waals surface area (Å²) in [5.74, 6) is 0.384. The van der Waals surface area contributed by atoms with Gasteiger partial charge in [0.2, 0.25) is 10.0 Å². The lowest BCUT2D eigenvalue weighted by atomic mass is 10.2. The molecule has 2 heterocycles. The van der Waals surface area contributed by atoms with Gasteiger partial charge in [-0.1, -0.05) is 18.2 Å². The first-order valence-electron chi connectivity index (χ1n) is 9.44. The number of fused-ring (bicyclic) bond motifs is 1. The number of primary sulfonamides is 1. The highest BCUT2D eigenvalue weighted by molar-refractivity contribution is 7.89. The SMILES string of the molecule is NS(=O)(=O)c1ccc(CNC(=O)c2ccc(OCc3cn4ccccc4n3)cc2)cc1. The number of ether oxygens (including phenoxy) is 1. The molecule has 158 valence electrons. The number of pyridine rings is 1. The Morgan fingerprint density at radius 3 is 2.45 bits per heavy atom. The summed E-state index contributed by atoms with van der Waals surface area (Å²) in [4.78, 5) is 16.9. The highest BCUT2D eigenvalue weighted by atomic mass is 32.2. The maximum Gasteiger partial charge on any atom is 0.251 e. The molecule has 4 aromatic rings. The van der Waals surface area contributed by atoms with E-state index in [2.05, 4.69) is 10.3 Å². The number of hydrogen-bond acceptors (Lipinski definition) is 5. The van der Waals surface area contributed by atoms with Crippen LogP contribution in [0.2, 0.25) is 0 Å². The van der Waals surface area contributed by atoms with E-state index in [1.807, 2.05) is 35.0 Å². The first kappa shape index (κ1) is 20.6. The topological polar surface area (TPSA) is 116 Å². The van der Waals surface area contributed by atoms with Crippen molar-refractivity contribution < 1.29 is 17.9 Å². The fourth-order valence-corrected chi connectivity index (χ4v) is 3.51. The van der Waals surface area contributed by atoms with Gasteiger partial charge in [0.1, 0.15) is 18.0 Å². The van der Waals surface area contributed by atoms with Gasteiger partial charge in [-0.05, 0) is 54.1 Å². The van der Waals surface area contributed by atoms with Crippen molar-refractivity contribution in [1.82, 2.24) is 14.7 Å². The predicted molar refractivity (Wildman–Crippen MR) is 115 cm³/mol. The minimum Gasteiger partial charge on any atom is -0.487 e.